The predicted octanol–water partition coefficient (Wildman–Crippen LogP) is 1.82. The number of ether oxygens (including phenoxy) is 1. The molecule has 0 aliphatic heterocycles. The molecule has 0 rings (SSSR count). The molecule has 0 aliphatic rings. The Morgan fingerprint density at radius 1 is 1.24 bits per heavy atom. The van der Waals surface area contributed by atoms with E-state index in [9.17, 15) is 30.5 Å². The molecule has 0 aliphatic carbocycles. The van der Waals surface area contributed by atoms with E-state index in [0.717, 1.165) is 0 Å². The van der Waals surface area contributed by atoms with Crippen molar-refractivity contribution < 1.29 is 35.3 Å². The minimum atomic E-state index is -6.40. The molecule has 0 unspecified atom stereocenters. The van der Waals surface area contributed by atoms with Crippen molar-refractivity contribution in [1.82, 2.24) is 0 Å². The lowest BCUT2D eigenvalue weighted by Crippen LogP contribution is -2.47. The molecule has 0 spiro atoms. The van der Waals surface area contributed by atoms with Crippen molar-refractivity contribution in [3.63, 3.8) is 0 Å². The molecule has 0 saturated heterocycles. The molecule has 0 atom stereocenters. The lowest BCUT2D eigenvalue weighted by atomic mass is 10.2. The van der Waals surface area contributed by atoms with Crippen LogP contribution in [0, 0.1) is 5.92 Å². The van der Waals surface area contributed by atoms with Gasteiger partial charge in [0.1, 0.15) is 0 Å². The lowest BCUT2D eigenvalue weighted by Gasteiger charge is -2.28. The van der Waals surface area contributed by atoms with E-state index in [-0.39, 0.29) is 12.5 Å². The molecule has 0 amide bonds. The fourth-order valence-corrected chi connectivity index (χ4v) is 1.32. The molecule has 0 aromatic heterocycles. The normalized spacial score (nSPS) is 14.4. The summed E-state index contributed by atoms with van der Waals surface area (Å²) in [4.78, 5) is 0. The second-order valence-corrected chi connectivity index (χ2v) is 5.32. The van der Waals surface area contributed by atoms with Gasteiger partial charge in [-0.2, -0.15) is 17.6 Å². The summed E-state index contributed by atoms with van der Waals surface area (Å²) in [7, 11) is -6.40. The van der Waals surface area contributed by atoms with Crippen molar-refractivity contribution in [3.05, 3.63) is 0 Å². The van der Waals surface area contributed by atoms with Crippen LogP contribution in [0.25, 0.3) is 0 Å². The Morgan fingerprint density at radius 3 is 2.06 bits per heavy atom. The van der Waals surface area contributed by atoms with Crippen LogP contribution < -0.4 is 0 Å². The van der Waals surface area contributed by atoms with Crippen molar-refractivity contribution in [3.8, 4) is 0 Å². The second-order valence-electron chi connectivity index (χ2n) is 3.89. The first-order valence-electron chi connectivity index (χ1n) is 4.70. The molecule has 0 bridgehead atoms. The van der Waals surface area contributed by atoms with E-state index < -0.39 is 34.3 Å². The monoisotopic (exact) mass is 281 g/mol. The van der Waals surface area contributed by atoms with Crippen molar-refractivity contribution in [2.45, 2.75) is 31.4 Å². The van der Waals surface area contributed by atoms with Crippen molar-refractivity contribution in [2.24, 2.45) is 5.92 Å². The van der Waals surface area contributed by atoms with Crippen LogP contribution in [-0.4, -0.2) is 37.4 Å². The molecule has 0 heterocycles. The first-order valence-corrected chi connectivity index (χ1v) is 6.11. The number of hydrogen-bond donors (Lipinski definition) is 0. The Hall–Kier alpha value is -0.410. The highest BCUT2D eigenvalue weighted by Crippen LogP contribution is 2.40. The Kier molecular flexibility index (Phi) is 5.36. The van der Waals surface area contributed by atoms with E-state index in [0.29, 0.717) is 0 Å². The molecule has 0 aromatic rings. The first-order chi connectivity index (χ1) is 7.42. The zero-order valence-electron chi connectivity index (χ0n) is 9.25. The van der Waals surface area contributed by atoms with Gasteiger partial charge in [-0.1, -0.05) is 13.8 Å². The smallest absolute Gasteiger partial charge is 0.396 e. The summed E-state index contributed by atoms with van der Waals surface area (Å²) in [5.41, 5.74) is 0. The van der Waals surface area contributed by atoms with Gasteiger partial charge in [0.25, 0.3) is 0 Å². The van der Waals surface area contributed by atoms with E-state index in [1.54, 1.807) is 13.8 Å². The van der Waals surface area contributed by atoms with Gasteiger partial charge in [0.15, 0.2) is 10.1 Å². The van der Waals surface area contributed by atoms with Crippen LogP contribution in [0.5, 0.6) is 0 Å². The van der Waals surface area contributed by atoms with Crippen LogP contribution in [0.3, 0.4) is 0 Å². The zero-order chi connectivity index (χ0) is 13.9. The molecule has 0 radical (unpaired) electrons. The summed E-state index contributed by atoms with van der Waals surface area (Å²) in [6.45, 7) is 2.76. The molecule has 0 aromatic carbocycles. The van der Waals surface area contributed by atoms with Gasteiger partial charge < -0.3 is 9.29 Å². The average Bonchev–Trinajstić information content (AvgIpc) is 2.10. The molecule has 4 nitrogen and oxygen atoms in total. The maximum atomic E-state index is 12.8. The van der Waals surface area contributed by atoms with Gasteiger partial charge in [0, 0.05) is 13.0 Å². The molecule has 0 N–H and O–H groups in total. The third-order valence-electron chi connectivity index (χ3n) is 1.75. The van der Waals surface area contributed by atoms with E-state index in [2.05, 4.69) is 4.74 Å². The van der Waals surface area contributed by atoms with Crippen LogP contribution in [0.4, 0.5) is 17.6 Å². The largest absolute Gasteiger partial charge is 0.743 e. The van der Waals surface area contributed by atoms with E-state index in [1.807, 2.05) is 0 Å². The lowest BCUT2D eigenvalue weighted by molar-refractivity contribution is -0.171. The third kappa shape index (κ3) is 4.40. The predicted molar refractivity (Wildman–Crippen MR) is 49.9 cm³/mol. The van der Waals surface area contributed by atoms with Gasteiger partial charge in [-0.25, -0.2) is 8.42 Å². The standard InChI is InChI=1S/C8H14F4O4S/c1-6(2)5-16-4-3-7(9,10)8(11,12)17(13,14)15/h6H,3-5H2,1-2H3,(H,13,14,15)/p-1. The second kappa shape index (κ2) is 5.49. The van der Waals surface area contributed by atoms with Gasteiger partial charge in [-0.15, -0.1) is 0 Å². The average molecular weight is 281 g/mol. The van der Waals surface area contributed by atoms with Crippen molar-refractivity contribution in [1.29, 1.82) is 0 Å². The van der Waals surface area contributed by atoms with E-state index in [4.69, 9.17) is 0 Å². The van der Waals surface area contributed by atoms with Gasteiger partial charge in [-0.3, -0.25) is 0 Å². The highest BCUT2D eigenvalue weighted by molar-refractivity contribution is 7.86. The zero-order valence-corrected chi connectivity index (χ0v) is 10.1. The van der Waals surface area contributed by atoms with Crippen LogP contribution in [0.15, 0.2) is 0 Å². The van der Waals surface area contributed by atoms with Crippen LogP contribution in [-0.2, 0) is 14.9 Å². The number of hydrogen-bond acceptors (Lipinski definition) is 4. The quantitative estimate of drug-likeness (QED) is 0.405. The summed E-state index contributed by atoms with van der Waals surface area (Å²) >= 11 is 0. The Labute approximate surface area is 96.7 Å². The molecule has 104 valence electrons. The van der Waals surface area contributed by atoms with E-state index >= 15 is 0 Å². The maximum absolute atomic E-state index is 12.8. The molecule has 0 fully saturated rings. The summed E-state index contributed by atoms with van der Waals surface area (Å²) in [6, 6.07) is 0. The van der Waals surface area contributed by atoms with Crippen molar-refractivity contribution in [2.75, 3.05) is 13.2 Å². The fourth-order valence-electron chi connectivity index (χ4n) is 0.848. The Morgan fingerprint density at radius 2 is 1.71 bits per heavy atom. The fraction of sp³-hybridized carbons (Fsp3) is 1.00. The van der Waals surface area contributed by atoms with E-state index in [1.165, 1.54) is 0 Å². The summed E-state index contributed by atoms with van der Waals surface area (Å²) in [5.74, 6) is -4.92. The van der Waals surface area contributed by atoms with Gasteiger partial charge >= 0.3 is 11.2 Å². The number of halogens is 4. The SMILES string of the molecule is CC(C)COCCC(F)(F)C(F)(F)S(=O)(=O)[O-]. The van der Waals surface area contributed by atoms with Gasteiger partial charge in [0.2, 0.25) is 0 Å². The minimum Gasteiger partial charge on any atom is -0.743 e. The highest BCUT2D eigenvalue weighted by Gasteiger charge is 2.61. The topological polar surface area (TPSA) is 66.4 Å². The molecule has 0 saturated carbocycles. The van der Waals surface area contributed by atoms with Crippen molar-refractivity contribution >= 4 is 10.1 Å². The van der Waals surface area contributed by atoms with Crippen LogP contribution in [0.2, 0.25) is 0 Å². The number of alkyl halides is 4. The highest BCUT2D eigenvalue weighted by atomic mass is 32.2. The Balaban J connectivity index is 4.48. The Bertz CT molecular complexity index is 339. The summed E-state index contributed by atoms with van der Waals surface area (Å²) in [5, 5.41) is -5.62. The first kappa shape index (κ1) is 16.6. The van der Waals surface area contributed by atoms with Crippen LogP contribution >= 0.6 is 0 Å². The molecular formula is C8H13F4O4S-. The van der Waals surface area contributed by atoms with Crippen LogP contribution in [0.1, 0.15) is 20.3 Å². The molecule has 9 heteroatoms. The summed E-state index contributed by atoms with van der Waals surface area (Å²) < 4.78 is 85.5. The number of rotatable bonds is 7. The van der Waals surface area contributed by atoms with Gasteiger partial charge in [0.05, 0.1) is 6.61 Å². The molecular weight excluding hydrogens is 268 g/mol. The maximum Gasteiger partial charge on any atom is 0.396 e. The third-order valence-corrected chi connectivity index (χ3v) is 2.68. The molecule has 17 heavy (non-hydrogen) atoms. The van der Waals surface area contributed by atoms with Gasteiger partial charge in [-0.05, 0) is 5.92 Å². The minimum absolute atomic E-state index is 0.0207. The summed E-state index contributed by atoms with van der Waals surface area (Å²) in [6.07, 6.45) is -1.53.